The van der Waals surface area contributed by atoms with Crippen molar-refractivity contribution >= 4 is 15.9 Å². The first kappa shape index (κ1) is 8.96. The number of ether oxygens (including phenoxy) is 1. The lowest BCUT2D eigenvalue weighted by atomic mass is 10.2. The molecule has 2 aliphatic rings. The Morgan fingerprint density at radius 3 is 2.54 bits per heavy atom. The topological polar surface area (TPSA) is 67.0 Å². The van der Waals surface area contributed by atoms with Gasteiger partial charge in [0.15, 0.2) is 4.75 Å². The van der Waals surface area contributed by atoms with Crippen molar-refractivity contribution in [2.75, 3.05) is 13.2 Å². The van der Waals surface area contributed by atoms with Crippen LogP contribution in [0.25, 0.3) is 0 Å². The monoisotopic (exact) mass is 205 g/mol. The molecule has 0 aromatic heterocycles. The van der Waals surface area contributed by atoms with E-state index in [0.717, 1.165) is 4.31 Å². The minimum absolute atomic E-state index is 0.0742. The highest BCUT2D eigenvalue weighted by Crippen LogP contribution is 2.35. The van der Waals surface area contributed by atoms with E-state index >= 15 is 0 Å². The van der Waals surface area contributed by atoms with Gasteiger partial charge in [-0.2, -0.15) is 0 Å². The first-order valence-electron chi connectivity index (χ1n) is 4.05. The standard InChI is InChI=1S/C7H11NO4S/c1-7(2)6(9)8(13(7,10)11)3-5-4-12-5/h5H,3-4H2,1-2H3/t5-/m0/s1. The highest BCUT2D eigenvalue weighted by Gasteiger charge is 2.60. The normalized spacial score (nSPS) is 34.2. The lowest BCUT2D eigenvalue weighted by Gasteiger charge is -2.42. The predicted octanol–water partition coefficient (Wildman–Crippen LogP) is -0.664. The molecule has 0 aromatic rings. The summed E-state index contributed by atoms with van der Waals surface area (Å²) in [6.07, 6.45) is -0.0742. The van der Waals surface area contributed by atoms with Crippen LogP contribution in [-0.2, 0) is 19.6 Å². The van der Waals surface area contributed by atoms with Gasteiger partial charge in [-0.05, 0) is 13.8 Å². The molecule has 2 fully saturated rings. The molecule has 2 aliphatic heterocycles. The summed E-state index contributed by atoms with van der Waals surface area (Å²) in [4.78, 5) is 11.4. The average molecular weight is 205 g/mol. The molecule has 0 unspecified atom stereocenters. The molecule has 0 bridgehead atoms. The molecule has 0 aromatic carbocycles. The summed E-state index contributed by atoms with van der Waals surface area (Å²) in [5.74, 6) is -0.331. The van der Waals surface area contributed by atoms with Crippen molar-refractivity contribution in [3.05, 3.63) is 0 Å². The van der Waals surface area contributed by atoms with E-state index in [1.165, 1.54) is 13.8 Å². The fourth-order valence-corrected chi connectivity index (χ4v) is 2.85. The van der Waals surface area contributed by atoms with Crippen LogP contribution in [0, 0.1) is 0 Å². The molecular weight excluding hydrogens is 194 g/mol. The summed E-state index contributed by atoms with van der Waals surface area (Å²) < 4.78 is 27.5. The number of epoxide rings is 1. The van der Waals surface area contributed by atoms with Crippen molar-refractivity contribution in [1.29, 1.82) is 0 Å². The van der Waals surface area contributed by atoms with Crippen molar-refractivity contribution in [2.24, 2.45) is 0 Å². The van der Waals surface area contributed by atoms with Crippen LogP contribution in [0.2, 0.25) is 0 Å². The Balaban J connectivity index is 2.19. The molecule has 2 saturated heterocycles. The van der Waals surface area contributed by atoms with Crippen LogP contribution in [0.4, 0.5) is 0 Å². The van der Waals surface area contributed by atoms with Gasteiger partial charge in [0.25, 0.3) is 15.9 Å². The second-order valence-corrected chi connectivity index (χ2v) is 6.22. The second kappa shape index (κ2) is 2.24. The van der Waals surface area contributed by atoms with Gasteiger partial charge in [0.2, 0.25) is 0 Å². The summed E-state index contributed by atoms with van der Waals surface area (Å²) in [6, 6.07) is 0. The number of hydrogen-bond donors (Lipinski definition) is 0. The van der Waals surface area contributed by atoms with Crippen LogP contribution < -0.4 is 0 Å². The van der Waals surface area contributed by atoms with E-state index in [1.54, 1.807) is 0 Å². The zero-order valence-corrected chi connectivity index (χ0v) is 8.30. The van der Waals surface area contributed by atoms with Crippen LogP contribution in [0.1, 0.15) is 13.8 Å². The first-order chi connectivity index (χ1) is 5.87. The van der Waals surface area contributed by atoms with Gasteiger partial charge in [-0.25, -0.2) is 12.7 Å². The quantitative estimate of drug-likeness (QED) is 0.561. The number of amides is 1. The number of rotatable bonds is 2. The van der Waals surface area contributed by atoms with Gasteiger partial charge in [0, 0.05) is 0 Å². The molecule has 2 heterocycles. The van der Waals surface area contributed by atoms with Crippen LogP contribution >= 0.6 is 0 Å². The molecule has 0 spiro atoms. The van der Waals surface area contributed by atoms with Gasteiger partial charge >= 0.3 is 0 Å². The van der Waals surface area contributed by atoms with Crippen LogP contribution in [0.5, 0.6) is 0 Å². The van der Waals surface area contributed by atoms with E-state index in [4.69, 9.17) is 4.74 Å². The maximum atomic E-state index is 11.5. The first-order valence-corrected chi connectivity index (χ1v) is 5.49. The highest BCUT2D eigenvalue weighted by atomic mass is 32.2. The maximum absolute atomic E-state index is 11.5. The average Bonchev–Trinajstić information content (AvgIpc) is 2.81. The van der Waals surface area contributed by atoms with E-state index in [-0.39, 0.29) is 18.6 Å². The molecular formula is C7H11NO4S. The molecule has 0 radical (unpaired) electrons. The van der Waals surface area contributed by atoms with Crippen molar-refractivity contribution in [3.8, 4) is 0 Å². The SMILES string of the molecule is CC1(C)C(=O)N(C[C@H]2CO2)S1(=O)=O. The van der Waals surface area contributed by atoms with E-state index in [1.807, 2.05) is 0 Å². The van der Waals surface area contributed by atoms with Gasteiger partial charge < -0.3 is 4.74 Å². The molecule has 6 heteroatoms. The van der Waals surface area contributed by atoms with Gasteiger partial charge in [0.05, 0.1) is 19.3 Å². The van der Waals surface area contributed by atoms with Crippen molar-refractivity contribution < 1.29 is 17.9 Å². The fourth-order valence-electron chi connectivity index (χ4n) is 1.30. The van der Waals surface area contributed by atoms with Gasteiger partial charge in [-0.3, -0.25) is 4.79 Å². The maximum Gasteiger partial charge on any atom is 0.258 e. The van der Waals surface area contributed by atoms with E-state index < -0.39 is 14.8 Å². The molecule has 13 heavy (non-hydrogen) atoms. The summed E-state index contributed by atoms with van der Waals surface area (Å²) in [6.45, 7) is 3.59. The number of sulfonamides is 1. The van der Waals surface area contributed by atoms with Gasteiger partial charge in [-0.15, -0.1) is 0 Å². The Labute approximate surface area is 76.7 Å². The van der Waals surface area contributed by atoms with E-state index in [2.05, 4.69) is 0 Å². The van der Waals surface area contributed by atoms with Crippen LogP contribution in [0.3, 0.4) is 0 Å². The van der Waals surface area contributed by atoms with E-state index in [0.29, 0.717) is 6.61 Å². The second-order valence-electron chi connectivity index (χ2n) is 3.81. The number of carbonyl (C=O) groups is 1. The molecule has 1 atom stereocenters. The lowest BCUT2D eigenvalue weighted by molar-refractivity contribution is -0.132. The largest absolute Gasteiger partial charge is 0.371 e. The van der Waals surface area contributed by atoms with Gasteiger partial charge in [-0.1, -0.05) is 0 Å². The molecule has 74 valence electrons. The minimum atomic E-state index is -3.40. The van der Waals surface area contributed by atoms with Crippen molar-refractivity contribution in [1.82, 2.24) is 4.31 Å². The summed E-state index contributed by atoms with van der Waals surface area (Å²) in [5, 5.41) is 0. The Hall–Kier alpha value is -0.620. The zero-order chi connectivity index (χ0) is 9.85. The number of carbonyl (C=O) groups excluding carboxylic acids is 1. The third-order valence-electron chi connectivity index (χ3n) is 2.45. The summed E-state index contributed by atoms with van der Waals surface area (Å²) in [7, 11) is -3.40. The Morgan fingerprint density at radius 1 is 1.62 bits per heavy atom. The molecule has 0 aliphatic carbocycles. The van der Waals surface area contributed by atoms with Crippen LogP contribution in [0.15, 0.2) is 0 Å². The fraction of sp³-hybridized carbons (Fsp3) is 0.857. The molecule has 0 N–H and O–H groups in total. The Kier molecular flexibility index (Phi) is 1.55. The Morgan fingerprint density at radius 2 is 2.15 bits per heavy atom. The third kappa shape index (κ3) is 1.02. The third-order valence-corrected chi connectivity index (χ3v) is 4.81. The molecule has 1 amide bonds. The van der Waals surface area contributed by atoms with Crippen molar-refractivity contribution in [2.45, 2.75) is 24.7 Å². The zero-order valence-electron chi connectivity index (χ0n) is 7.48. The molecule has 5 nitrogen and oxygen atoms in total. The highest BCUT2D eigenvalue weighted by molar-refractivity contribution is 7.94. The number of hydrogen-bond acceptors (Lipinski definition) is 4. The summed E-state index contributed by atoms with van der Waals surface area (Å²) >= 11 is 0. The molecule has 0 saturated carbocycles. The smallest absolute Gasteiger partial charge is 0.258 e. The Bertz CT molecular complexity index is 355. The van der Waals surface area contributed by atoms with E-state index in [9.17, 15) is 13.2 Å². The lowest BCUT2D eigenvalue weighted by Crippen LogP contribution is -2.67. The van der Waals surface area contributed by atoms with Crippen LogP contribution in [-0.4, -0.2) is 42.6 Å². The predicted molar refractivity (Wildman–Crippen MR) is 44.5 cm³/mol. The minimum Gasteiger partial charge on any atom is -0.371 e. The van der Waals surface area contributed by atoms with Gasteiger partial charge in [0.1, 0.15) is 0 Å². The van der Waals surface area contributed by atoms with Crippen molar-refractivity contribution in [3.63, 3.8) is 0 Å². The summed E-state index contributed by atoms with van der Waals surface area (Å²) in [5.41, 5.74) is 0. The number of nitrogens with zero attached hydrogens (tertiary/aromatic N) is 1. The molecule has 2 rings (SSSR count).